The van der Waals surface area contributed by atoms with Crippen LogP contribution in [0.1, 0.15) is 23.7 Å². The van der Waals surface area contributed by atoms with E-state index in [1.807, 2.05) is 24.3 Å². The molecule has 110 valence electrons. The third kappa shape index (κ3) is 3.31. The van der Waals surface area contributed by atoms with Crippen LogP contribution in [0.3, 0.4) is 0 Å². The van der Waals surface area contributed by atoms with Crippen molar-refractivity contribution in [1.29, 1.82) is 0 Å². The molecule has 0 aliphatic carbocycles. The van der Waals surface area contributed by atoms with E-state index >= 15 is 0 Å². The van der Waals surface area contributed by atoms with Crippen LogP contribution in [0.15, 0.2) is 47.8 Å². The predicted molar refractivity (Wildman–Crippen MR) is 84.7 cm³/mol. The number of para-hydroxylation sites is 1. The SMILES string of the molecule is CCN(Cc1cccnc1C(N)=NO)c1ccccc1C. The summed E-state index contributed by atoms with van der Waals surface area (Å²) in [4.78, 5) is 6.45. The van der Waals surface area contributed by atoms with Crippen LogP contribution in [0, 0.1) is 6.92 Å². The number of hydrogen-bond donors (Lipinski definition) is 2. The highest BCUT2D eigenvalue weighted by Gasteiger charge is 2.13. The van der Waals surface area contributed by atoms with Crippen molar-refractivity contribution in [2.24, 2.45) is 10.9 Å². The van der Waals surface area contributed by atoms with Crippen molar-refractivity contribution in [1.82, 2.24) is 4.98 Å². The van der Waals surface area contributed by atoms with Crippen molar-refractivity contribution in [3.63, 3.8) is 0 Å². The number of aryl methyl sites for hydroxylation is 1. The largest absolute Gasteiger partial charge is 0.409 e. The number of hydrogen-bond acceptors (Lipinski definition) is 4. The smallest absolute Gasteiger partial charge is 0.189 e. The highest BCUT2D eigenvalue weighted by Crippen LogP contribution is 2.22. The summed E-state index contributed by atoms with van der Waals surface area (Å²) in [6.07, 6.45) is 1.64. The first-order chi connectivity index (χ1) is 10.2. The van der Waals surface area contributed by atoms with Crippen LogP contribution in [0.5, 0.6) is 0 Å². The molecule has 0 unspecified atom stereocenters. The lowest BCUT2D eigenvalue weighted by Crippen LogP contribution is -2.26. The maximum atomic E-state index is 8.87. The summed E-state index contributed by atoms with van der Waals surface area (Å²) < 4.78 is 0. The molecule has 21 heavy (non-hydrogen) atoms. The molecule has 5 heteroatoms. The van der Waals surface area contributed by atoms with Crippen molar-refractivity contribution in [3.05, 3.63) is 59.4 Å². The molecule has 5 nitrogen and oxygen atoms in total. The number of nitrogens with two attached hydrogens (primary N) is 1. The van der Waals surface area contributed by atoms with Crippen LogP contribution in [0.25, 0.3) is 0 Å². The fraction of sp³-hybridized carbons (Fsp3) is 0.250. The Kier molecular flexibility index (Phi) is 4.77. The molecule has 1 heterocycles. The topological polar surface area (TPSA) is 74.7 Å². The average Bonchev–Trinajstić information content (AvgIpc) is 2.53. The highest BCUT2D eigenvalue weighted by molar-refractivity contribution is 5.96. The molecule has 0 saturated heterocycles. The molecule has 0 atom stereocenters. The second-order valence-electron chi connectivity index (χ2n) is 4.80. The molecule has 2 rings (SSSR count). The third-order valence-electron chi connectivity index (χ3n) is 3.44. The predicted octanol–water partition coefficient (Wildman–Crippen LogP) is 2.51. The van der Waals surface area contributed by atoms with E-state index in [9.17, 15) is 0 Å². The van der Waals surface area contributed by atoms with Gasteiger partial charge < -0.3 is 15.8 Å². The fourth-order valence-corrected chi connectivity index (χ4v) is 2.34. The number of anilines is 1. The second-order valence-corrected chi connectivity index (χ2v) is 4.80. The lowest BCUT2D eigenvalue weighted by Gasteiger charge is -2.25. The van der Waals surface area contributed by atoms with E-state index in [0.717, 1.165) is 12.1 Å². The van der Waals surface area contributed by atoms with Gasteiger partial charge in [-0.2, -0.15) is 0 Å². The molecular weight excluding hydrogens is 264 g/mol. The highest BCUT2D eigenvalue weighted by atomic mass is 16.4. The first kappa shape index (κ1) is 14.8. The number of benzene rings is 1. The standard InChI is InChI=1S/C16H20N4O/c1-3-20(14-9-5-4-7-12(14)2)11-13-8-6-10-18-15(13)16(17)19-21/h4-10,21H,3,11H2,1-2H3,(H2,17,19). The van der Waals surface area contributed by atoms with E-state index in [1.165, 1.54) is 11.3 Å². The Morgan fingerprint density at radius 3 is 2.71 bits per heavy atom. The van der Waals surface area contributed by atoms with Crippen LogP contribution < -0.4 is 10.6 Å². The molecule has 0 aliphatic heterocycles. The van der Waals surface area contributed by atoms with Gasteiger partial charge in [0.25, 0.3) is 0 Å². The zero-order valence-electron chi connectivity index (χ0n) is 12.3. The maximum absolute atomic E-state index is 8.87. The van der Waals surface area contributed by atoms with E-state index in [4.69, 9.17) is 10.9 Å². The molecular formula is C16H20N4O. The molecule has 1 aromatic carbocycles. The maximum Gasteiger partial charge on any atom is 0.189 e. The van der Waals surface area contributed by atoms with E-state index in [0.29, 0.717) is 12.2 Å². The number of aromatic nitrogens is 1. The third-order valence-corrected chi connectivity index (χ3v) is 3.44. The van der Waals surface area contributed by atoms with Crippen molar-refractivity contribution in [3.8, 4) is 0 Å². The summed E-state index contributed by atoms with van der Waals surface area (Å²) >= 11 is 0. The molecule has 0 bridgehead atoms. The van der Waals surface area contributed by atoms with E-state index in [1.54, 1.807) is 6.20 Å². The lowest BCUT2D eigenvalue weighted by molar-refractivity contribution is 0.318. The molecule has 0 spiro atoms. The zero-order chi connectivity index (χ0) is 15.2. The first-order valence-corrected chi connectivity index (χ1v) is 6.89. The van der Waals surface area contributed by atoms with Gasteiger partial charge in [-0.1, -0.05) is 29.4 Å². The van der Waals surface area contributed by atoms with Gasteiger partial charge in [0.05, 0.1) is 0 Å². The minimum atomic E-state index is 0.0337. The van der Waals surface area contributed by atoms with Gasteiger partial charge in [0.2, 0.25) is 0 Å². The van der Waals surface area contributed by atoms with Gasteiger partial charge in [-0.15, -0.1) is 0 Å². The van der Waals surface area contributed by atoms with Gasteiger partial charge in [0.1, 0.15) is 5.69 Å². The fourth-order valence-electron chi connectivity index (χ4n) is 2.34. The Morgan fingerprint density at radius 1 is 1.29 bits per heavy atom. The summed E-state index contributed by atoms with van der Waals surface area (Å²) in [5.74, 6) is 0.0337. The van der Waals surface area contributed by atoms with Gasteiger partial charge in [-0.25, -0.2) is 0 Å². The van der Waals surface area contributed by atoms with Gasteiger partial charge in [0.15, 0.2) is 5.84 Å². The molecule has 0 fully saturated rings. The summed E-state index contributed by atoms with van der Waals surface area (Å²) in [7, 11) is 0. The Bertz CT molecular complexity index is 640. The normalized spacial score (nSPS) is 11.4. The quantitative estimate of drug-likeness (QED) is 0.383. The lowest BCUT2D eigenvalue weighted by atomic mass is 10.1. The number of nitrogens with zero attached hydrogens (tertiary/aromatic N) is 3. The van der Waals surface area contributed by atoms with Crippen LogP contribution in [-0.2, 0) is 6.54 Å². The van der Waals surface area contributed by atoms with Crippen molar-refractivity contribution in [2.75, 3.05) is 11.4 Å². The molecule has 2 aromatic rings. The van der Waals surface area contributed by atoms with Crippen molar-refractivity contribution in [2.45, 2.75) is 20.4 Å². The number of rotatable bonds is 5. The molecule has 0 aliphatic rings. The zero-order valence-corrected chi connectivity index (χ0v) is 12.3. The monoisotopic (exact) mass is 284 g/mol. The molecule has 0 radical (unpaired) electrons. The van der Waals surface area contributed by atoms with E-state index in [-0.39, 0.29) is 5.84 Å². The van der Waals surface area contributed by atoms with Crippen LogP contribution >= 0.6 is 0 Å². The Labute approximate surface area is 124 Å². The van der Waals surface area contributed by atoms with Gasteiger partial charge >= 0.3 is 0 Å². The van der Waals surface area contributed by atoms with Crippen molar-refractivity contribution < 1.29 is 5.21 Å². The average molecular weight is 284 g/mol. The molecule has 0 saturated carbocycles. The molecule has 0 amide bonds. The number of amidine groups is 1. The summed E-state index contributed by atoms with van der Waals surface area (Å²) in [5.41, 5.74) is 9.54. The Hall–Kier alpha value is -2.56. The Morgan fingerprint density at radius 2 is 2.05 bits per heavy atom. The summed E-state index contributed by atoms with van der Waals surface area (Å²) in [6.45, 7) is 5.70. The van der Waals surface area contributed by atoms with Crippen LogP contribution in [-0.4, -0.2) is 22.6 Å². The molecule has 1 aromatic heterocycles. The number of oxime groups is 1. The van der Waals surface area contributed by atoms with E-state index < -0.39 is 0 Å². The summed E-state index contributed by atoms with van der Waals surface area (Å²) in [6, 6.07) is 12.0. The molecule has 3 N–H and O–H groups in total. The number of pyridine rings is 1. The minimum Gasteiger partial charge on any atom is -0.409 e. The Balaban J connectivity index is 2.34. The summed E-state index contributed by atoms with van der Waals surface area (Å²) in [5, 5.41) is 11.9. The second kappa shape index (κ2) is 6.74. The van der Waals surface area contributed by atoms with Crippen LogP contribution in [0.2, 0.25) is 0 Å². The van der Waals surface area contributed by atoms with Gasteiger partial charge in [-0.05, 0) is 31.5 Å². The van der Waals surface area contributed by atoms with Crippen LogP contribution in [0.4, 0.5) is 5.69 Å². The minimum absolute atomic E-state index is 0.0337. The first-order valence-electron chi connectivity index (χ1n) is 6.89. The van der Waals surface area contributed by atoms with Crippen molar-refractivity contribution >= 4 is 11.5 Å². The van der Waals surface area contributed by atoms with Gasteiger partial charge in [-0.3, -0.25) is 4.98 Å². The van der Waals surface area contributed by atoms with E-state index in [2.05, 4.69) is 41.0 Å². The van der Waals surface area contributed by atoms with Gasteiger partial charge in [0, 0.05) is 30.5 Å².